The first-order valence-corrected chi connectivity index (χ1v) is 9.67. The van der Waals surface area contributed by atoms with Crippen LogP contribution in [0.4, 0.5) is 10.1 Å². The van der Waals surface area contributed by atoms with E-state index in [0.717, 1.165) is 31.7 Å². The summed E-state index contributed by atoms with van der Waals surface area (Å²) >= 11 is 17.8. The van der Waals surface area contributed by atoms with E-state index in [1.807, 2.05) is 0 Å². The van der Waals surface area contributed by atoms with Crippen LogP contribution in [-0.2, 0) is 11.3 Å². The summed E-state index contributed by atoms with van der Waals surface area (Å²) in [6.45, 7) is 4.18. The molecule has 1 N–H and O–H groups in total. The second kappa shape index (κ2) is 9.22. The van der Waals surface area contributed by atoms with Crippen molar-refractivity contribution in [2.45, 2.75) is 6.54 Å². The molecule has 0 bridgehead atoms. The molecule has 0 spiro atoms. The van der Waals surface area contributed by atoms with Crippen LogP contribution in [0.2, 0.25) is 15.1 Å². The number of hydrogen-bond acceptors (Lipinski definition) is 3. The summed E-state index contributed by atoms with van der Waals surface area (Å²) in [6.07, 6.45) is 0. The average Bonchev–Trinajstić information content (AvgIpc) is 2.63. The third kappa shape index (κ3) is 5.80. The molecule has 0 atom stereocenters. The molecule has 144 valence electrons. The van der Waals surface area contributed by atoms with Gasteiger partial charge >= 0.3 is 0 Å². The monoisotopic (exact) mass is 429 g/mol. The van der Waals surface area contributed by atoms with Crippen molar-refractivity contribution in [1.29, 1.82) is 0 Å². The summed E-state index contributed by atoms with van der Waals surface area (Å²) in [5.74, 6) is -0.533. The van der Waals surface area contributed by atoms with Crippen LogP contribution in [0.25, 0.3) is 0 Å². The highest BCUT2D eigenvalue weighted by Crippen LogP contribution is 2.25. The summed E-state index contributed by atoms with van der Waals surface area (Å²) in [5.41, 5.74) is 1.49. The Bertz CT molecular complexity index is 826. The van der Waals surface area contributed by atoms with Crippen molar-refractivity contribution in [3.8, 4) is 0 Å². The van der Waals surface area contributed by atoms with Crippen LogP contribution in [0.1, 0.15) is 5.56 Å². The lowest BCUT2D eigenvalue weighted by Gasteiger charge is -2.34. The van der Waals surface area contributed by atoms with Gasteiger partial charge in [-0.05, 0) is 35.9 Å². The Kier molecular flexibility index (Phi) is 6.95. The molecular formula is C19H19Cl3FN3O. The molecule has 1 saturated heterocycles. The fourth-order valence-corrected chi connectivity index (χ4v) is 3.53. The quantitative estimate of drug-likeness (QED) is 0.756. The Morgan fingerprint density at radius 2 is 1.67 bits per heavy atom. The van der Waals surface area contributed by atoms with Gasteiger partial charge < -0.3 is 5.32 Å². The van der Waals surface area contributed by atoms with Gasteiger partial charge in [0.15, 0.2) is 0 Å². The molecule has 0 radical (unpaired) electrons. The number of benzene rings is 2. The summed E-state index contributed by atoms with van der Waals surface area (Å²) in [5, 5.41) is 3.91. The maximum absolute atomic E-state index is 13.2. The van der Waals surface area contributed by atoms with E-state index >= 15 is 0 Å². The molecule has 1 amide bonds. The minimum absolute atomic E-state index is 0.127. The lowest BCUT2D eigenvalue weighted by atomic mass is 10.2. The van der Waals surface area contributed by atoms with Crippen molar-refractivity contribution in [2.24, 2.45) is 0 Å². The van der Waals surface area contributed by atoms with Crippen molar-refractivity contribution < 1.29 is 9.18 Å². The average molecular weight is 431 g/mol. The van der Waals surface area contributed by atoms with Crippen molar-refractivity contribution in [2.75, 3.05) is 38.0 Å². The number of amides is 1. The van der Waals surface area contributed by atoms with E-state index in [4.69, 9.17) is 34.8 Å². The smallest absolute Gasteiger partial charge is 0.238 e. The van der Waals surface area contributed by atoms with E-state index in [1.165, 1.54) is 6.07 Å². The summed E-state index contributed by atoms with van der Waals surface area (Å²) in [4.78, 5) is 16.6. The van der Waals surface area contributed by atoms with Crippen LogP contribution in [0, 0.1) is 5.82 Å². The minimum Gasteiger partial charge on any atom is -0.324 e. The van der Waals surface area contributed by atoms with Gasteiger partial charge in [-0.15, -0.1) is 0 Å². The van der Waals surface area contributed by atoms with Crippen molar-refractivity contribution >= 4 is 46.4 Å². The molecule has 1 heterocycles. The summed E-state index contributed by atoms with van der Waals surface area (Å²) in [7, 11) is 0. The number of piperazine rings is 1. The normalized spacial score (nSPS) is 15.7. The number of rotatable bonds is 5. The Labute approximate surface area is 172 Å². The fraction of sp³-hybridized carbons (Fsp3) is 0.316. The number of anilines is 1. The van der Waals surface area contributed by atoms with Crippen molar-refractivity contribution in [3.63, 3.8) is 0 Å². The molecule has 0 aliphatic carbocycles. The lowest BCUT2D eigenvalue weighted by Crippen LogP contribution is -2.48. The maximum Gasteiger partial charge on any atom is 0.238 e. The third-order valence-electron chi connectivity index (χ3n) is 4.42. The lowest BCUT2D eigenvalue weighted by molar-refractivity contribution is -0.117. The van der Waals surface area contributed by atoms with E-state index in [2.05, 4.69) is 15.1 Å². The molecule has 8 heteroatoms. The van der Waals surface area contributed by atoms with Gasteiger partial charge in [-0.1, -0.05) is 40.9 Å². The summed E-state index contributed by atoms with van der Waals surface area (Å²) < 4.78 is 13.2. The van der Waals surface area contributed by atoms with E-state index in [9.17, 15) is 9.18 Å². The van der Waals surface area contributed by atoms with Crippen LogP contribution < -0.4 is 5.32 Å². The topological polar surface area (TPSA) is 35.6 Å². The molecule has 0 aromatic heterocycles. The molecule has 2 aromatic rings. The molecule has 3 rings (SSSR count). The largest absolute Gasteiger partial charge is 0.324 e. The number of hydrogen-bond donors (Lipinski definition) is 1. The highest BCUT2D eigenvalue weighted by atomic mass is 35.5. The second-order valence-electron chi connectivity index (χ2n) is 6.47. The van der Waals surface area contributed by atoms with Gasteiger partial charge in [-0.3, -0.25) is 14.6 Å². The first-order chi connectivity index (χ1) is 12.9. The zero-order valence-electron chi connectivity index (χ0n) is 14.5. The van der Waals surface area contributed by atoms with Crippen LogP contribution in [0.5, 0.6) is 0 Å². The zero-order valence-corrected chi connectivity index (χ0v) is 16.8. The number of nitrogens with one attached hydrogen (secondary N) is 1. The zero-order chi connectivity index (χ0) is 19.4. The van der Waals surface area contributed by atoms with Gasteiger partial charge in [0.2, 0.25) is 5.91 Å². The SMILES string of the molecule is O=C(CN1CCN(Cc2ccc(F)c(Cl)c2)CC1)Nc1cc(Cl)ccc1Cl. The van der Waals surface area contributed by atoms with Crippen LogP contribution in [-0.4, -0.2) is 48.4 Å². The molecule has 0 unspecified atom stereocenters. The first kappa shape index (κ1) is 20.4. The van der Waals surface area contributed by atoms with Crippen molar-refractivity contribution in [1.82, 2.24) is 9.80 Å². The predicted octanol–water partition coefficient (Wildman–Crippen LogP) is 4.54. The molecule has 2 aromatic carbocycles. The van der Waals surface area contributed by atoms with E-state index in [0.29, 0.717) is 28.8 Å². The molecule has 1 fully saturated rings. The van der Waals surface area contributed by atoms with Gasteiger partial charge in [0.1, 0.15) is 5.82 Å². The number of carbonyl (C=O) groups excluding carboxylic acids is 1. The van der Waals surface area contributed by atoms with Crippen LogP contribution in [0.3, 0.4) is 0 Å². The van der Waals surface area contributed by atoms with E-state index in [1.54, 1.807) is 30.3 Å². The highest BCUT2D eigenvalue weighted by Gasteiger charge is 2.19. The second-order valence-corrected chi connectivity index (χ2v) is 7.72. The predicted molar refractivity (Wildman–Crippen MR) is 108 cm³/mol. The molecule has 0 saturated carbocycles. The first-order valence-electron chi connectivity index (χ1n) is 8.54. The van der Waals surface area contributed by atoms with Crippen LogP contribution in [0.15, 0.2) is 36.4 Å². The molecular weight excluding hydrogens is 412 g/mol. The van der Waals surface area contributed by atoms with Crippen molar-refractivity contribution in [3.05, 3.63) is 62.8 Å². The van der Waals surface area contributed by atoms with Gasteiger partial charge in [-0.2, -0.15) is 0 Å². The number of nitrogens with zero attached hydrogens (tertiary/aromatic N) is 2. The van der Waals surface area contributed by atoms with Gasteiger partial charge in [-0.25, -0.2) is 4.39 Å². The van der Waals surface area contributed by atoms with E-state index < -0.39 is 5.82 Å². The Morgan fingerprint density at radius 1 is 0.963 bits per heavy atom. The van der Waals surface area contributed by atoms with Gasteiger partial charge in [0.25, 0.3) is 0 Å². The maximum atomic E-state index is 13.2. The number of halogens is 4. The third-order valence-corrected chi connectivity index (χ3v) is 5.28. The van der Waals surface area contributed by atoms with Gasteiger partial charge in [0.05, 0.1) is 22.3 Å². The molecule has 1 aliphatic heterocycles. The fourth-order valence-electron chi connectivity index (χ4n) is 2.99. The van der Waals surface area contributed by atoms with Crippen LogP contribution >= 0.6 is 34.8 Å². The Balaban J connectivity index is 1.46. The summed E-state index contributed by atoms with van der Waals surface area (Å²) in [6, 6.07) is 9.75. The highest BCUT2D eigenvalue weighted by molar-refractivity contribution is 6.35. The molecule has 1 aliphatic rings. The molecule has 4 nitrogen and oxygen atoms in total. The Hall–Kier alpha value is -1.37. The standard InChI is InChI=1S/C19H19Cl3FN3O/c20-14-2-3-15(21)18(10-14)24-19(27)12-26-7-5-25(6-8-26)11-13-1-4-17(23)16(22)9-13/h1-4,9-10H,5-8,11-12H2,(H,24,27). The van der Waals surface area contributed by atoms with Gasteiger partial charge in [0, 0.05) is 37.7 Å². The Morgan fingerprint density at radius 3 is 2.37 bits per heavy atom. The van der Waals surface area contributed by atoms with E-state index in [-0.39, 0.29) is 10.9 Å². The molecule has 27 heavy (non-hydrogen) atoms. The minimum atomic E-state index is -0.406. The number of carbonyl (C=O) groups is 1.